The SMILES string of the molecule is NC(=O)/N=C/c1ccco1. The van der Waals surface area contributed by atoms with Crippen molar-refractivity contribution < 1.29 is 9.21 Å². The molecule has 0 aromatic carbocycles. The van der Waals surface area contributed by atoms with Crippen LogP contribution in [0.15, 0.2) is 27.8 Å². The number of furan rings is 1. The third-order valence-corrected chi connectivity index (χ3v) is 0.862. The van der Waals surface area contributed by atoms with E-state index < -0.39 is 6.03 Å². The number of amides is 2. The molecule has 0 unspecified atom stereocenters. The first-order valence-corrected chi connectivity index (χ1v) is 2.66. The topological polar surface area (TPSA) is 68.6 Å². The summed E-state index contributed by atoms with van der Waals surface area (Å²) < 4.78 is 4.83. The minimum Gasteiger partial charge on any atom is -0.463 e. The van der Waals surface area contributed by atoms with Crippen LogP contribution in [-0.2, 0) is 0 Å². The Bertz CT molecular complexity index is 238. The standard InChI is InChI=1S/C6H6N2O2/c7-6(9)8-4-5-2-1-3-10-5/h1-4H,(H2,7,9)/b8-4+. The van der Waals surface area contributed by atoms with Crippen LogP contribution in [0.3, 0.4) is 0 Å². The Hall–Kier alpha value is -1.58. The largest absolute Gasteiger partial charge is 0.463 e. The molecule has 0 atom stereocenters. The zero-order valence-corrected chi connectivity index (χ0v) is 5.15. The number of primary amides is 1. The average Bonchev–Trinajstić information content (AvgIpc) is 2.34. The van der Waals surface area contributed by atoms with E-state index in [0.717, 1.165) is 0 Å². The van der Waals surface area contributed by atoms with Gasteiger partial charge in [-0.25, -0.2) is 4.79 Å². The summed E-state index contributed by atoms with van der Waals surface area (Å²) >= 11 is 0. The summed E-state index contributed by atoms with van der Waals surface area (Å²) in [4.78, 5) is 13.4. The smallest absolute Gasteiger partial charge is 0.338 e. The van der Waals surface area contributed by atoms with Crippen LogP contribution in [0, 0.1) is 0 Å². The van der Waals surface area contributed by atoms with Gasteiger partial charge in [0, 0.05) is 0 Å². The normalized spacial score (nSPS) is 10.4. The number of aliphatic imine (C=N–C) groups is 1. The molecule has 0 fully saturated rings. The van der Waals surface area contributed by atoms with Crippen molar-refractivity contribution in [2.45, 2.75) is 0 Å². The molecule has 0 bridgehead atoms. The van der Waals surface area contributed by atoms with Crippen LogP contribution >= 0.6 is 0 Å². The van der Waals surface area contributed by atoms with Crippen LogP contribution in [-0.4, -0.2) is 12.2 Å². The molecule has 0 saturated heterocycles. The maximum atomic E-state index is 10.1. The second kappa shape index (κ2) is 2.82. The molecular weight excluding hydrogens is 132 g/mol. The zero-order valence-electron chi connectivity index (χ0n) is 5.15. The van der Waals surface area contributed by atoms with Gasteiger partial charge in [0.05, 0.1) is 12.5 Å². The van der Waals surface area contributed by atoms with Gasteiger partial charge in [-0.15, -0.1) is 0 Å². The quantitative estimate of drug-likeness (QED) is 0.582. The molecule has 0 aliphatic heterocycles. The first-order chi connectivity index (χ1) is 4.79. The zero-order chi connectivity index (χ0) is 7.40. The van der Waals surface area contributed by atoms with E-state index in [2.05, 4.69) is 4.99 Å². The van der Waals surface area contributed by atoms with Crippen molar-refractivity contribution in [2.75, 3.05) is 0 Å². The summed E-state index contributed by atoms with van der Waals surface area (Å²) in [5, 5.41) is 0. The monoisotopic (exact) mass is 138 g/mol. The van der Waals surface area contributed by atoms with E-state index in [9.17, 15) is 4.79 Å². The summed E-state index contributed by atoms with van der Waals surface area (Å²) in [5.41, 5.74) is 4.73. The number of rotatable bonds is 1. The van der Waals surface area contributed by atoms with Gasteiger partial charge in [-0.05, 0) is 12.1 Å². The molecule has 4 nitrogen and oxygen atoms in total. The van der Waals surface area contributed by atoms with Gasteiger partial charge in [0.25, 0.3) is 0 Å². The number of nitrogens with zero attached hydrogens (tertiary/aromatic N) is 1. The maximum absolute atomic E-state index is 10.1. The van der Waals surface area contributed by atoms with Crippen molar-refractivity contribution in [1.82, 2.24) is 0 Å². The molecule has 1 aromatic rings. The molecule has 1 rings (SSSR count). The predicted molar refractivity (Wildman–Crippen MR) is 35.9 cm³/mol. The lowest BCUT2D eigenvalue weighted by Crippen LogP contribution is -2.03. The molecule has 52 valence electrons. The molecule has 1 aromatic heterocycles. The van der Waals surface area contributed by atoms with E-state index in [1.54, 1.807) is 12.1 Å². The van der Waals surface area contributed by atoms with Crippen molar-refractivity contribution in [3.8, 4) is 0 Å². The molecular formula is C6H6N2O2. The molecule has 0 spiro atoms. The Balaban J connectivity index is 2.64. The fraction of sp³-hybridized carbons (Fsp3) is 0. The van der Waals surface area contributed by atoms with Gasteiger partial charge in [0.2, 0.25) is 0 Å². The lowest BCUT2D eigenvalue weighted by molar-refractivity contribution is 0.257. The van der Waals surface area contributed by atoms with E-state index in [-0.39, 0.29) is 0 Å². The van der Waals surface area contributed by atoms with Gasteiger partial charge < -0.3 is 10.2 Å². The second-order valence-electron chi connectivity index (χ2n) is 1.61. The predicted octanol–water partition coefficient (Wildman–Crippen LogP) is 0.777. The summed E-state index contributed by atoms with van der Waals surface area (Å²) in [5.74, 6) is 0.513. The average molecular weight is 138 g/mol. The Morgan fingerprint density at radius 3 is 3.10 bits per heavy atom. The highest BCUT2D eigenvalue weighted by molar-refractivity contribution is 5.88. The van der Waals surface area contributed by atoms with Crippen LogP contribution in [0.25, 0.3) is 0 Å². The van der Waals surface area contributed by atoms with Crippen LogP contribution in [0.4, 0.5) is 4.79 Å². The number of hydrogen-bond acceptors (Lipinski definition) is 2. The Kier molecular flexibility index (Phi) is 1.84. The lowest BCUT2D eigenvalue weighted by atomic mass is 10.5. The van der Waals surface area contributed by atoms with Gasteiger partial charge in [-0.1, -0.05) is 0 Å². The molecule has 0 radical (unpaired) electrons. The van der Waals surface area contributed by atoms with Crippen molar-refractivity contribution in [2.24, 2.45) is 10.7 Å². The lowest BCUT2D eigenvalue weighted by Gasteiger charge is -1.79. The fourth-order valence-electron chi connectivity index (χ4n) is 0.492. The van der Waals surface area contributed by atoms with Crippen LogP contribution in [0.2, 0.25) is 0 Å². The van der Waals surface area contributed by atoms with Crippen LogP contribution < -0.4 is 5.73 Å². The fourth-order valence-corrected chi connectivity index (χ4v) is 0.492. The molecule has 0 saturated carbocycles. The first kappa shape index (κ1) is 6.54. The van der Waals surface area contributed by atoms with Crippen LogP contribution in [0.5, 0.6) is 0 Å². The number of carbonyl (C=O) groups is 1. The maximum Gasteiger partial charge on any atom is 0.338 e. The minimum atomic E-state index is -0.726. The van der Waals surface area contributed by atoms with Gasteiger partial charge in [-0.2, -0.15) is 4.99 Å². The summed E-state index contributed by atoms with van der Waals surface area (Å²) in [6.45, 7) is 0. The van der Waals surface area contributed by atoms with E-state index in [4.69, 9.17) is 10.2 Å². The molecule has 4 heteroatoms. The van der Waals surface area contributed by atoms with E-state index in [1.165, 1.54) is 12.5 Å². The van der Waals surface area contributed by atoms with Gasteiger partial charge in [-0.3, -0.25) is 0 Å². The number of nitrogens with two attached hydrogens (primary N) is 1. The summed E-state index contributed by atoms with van der Waals surface area (Å²) in [6.07, 6.45) is 2.75. The van der Waals surface area contributed by atoms with E-state index in [1.807, 2.05) is 0 Å². The van der Waals surface area contributed by atoms with Crippen molar-refractivity contribution in [3.63, 3.8) is 0 Å². The van der Waals surface area contributed by atoms with Crippen LogP contribution in [0.1, 0.15) is 5.76 Å². The number of urea groups is 1. The highest BCUT2D eigenvalue weighted by Gasteiger charge is 1.88. The Labute approximate surface area is 57.4 Å². The van der Waals surface area contributed by atoms with E-state index >= 15 is 0 Å². The van der Waals surface area contributed by atoms with Crippen molar-refractivity contribution >= 4 is 12.2 Å². The van der Waals surface area contributed by atoms with Crippen molar-refractivity contribution in [3.05, 3.63) is 24.2 Å². The summed E-state index contributed by atoms with van der Waals surface area (Å²) in [7, 11) is 0. The Morgan fingerprint density at radius 2 is 2.60 bits per heavy atom. The van der Waals surface area contributed by atoms with Gasteiger partial charge >= 0.3 is 6.03 Å². The highest BCUT2D eigenvalue weighted by atomic mass is 16.3. The third kappa shape index (κ3) is 1.74. The first-order valence-electron chi connectivity index (χ1n) is 2.66. The molecule has 10 heavy (non-hydrogen) atoms. The molecule has 0 aliphatic carbocycles. The second-order valence-corrected chi connectivity index (χ2v) is 1.61. The number of carbonyl (C=O) groups excluding carboxylic acids is 1. The van der Waals surface area contributed by atoms with Gasteiger partial charge in [0.15, 0.2) is 0 Å². The highest BCUT2D eigenvalue weighted by Crippen LogP contribution is 1.94. The number of hydrogen-bond donors (Lipinski definition) is 1. The molecule has 2 N–H and O–H groups in total. The Morgan fingerprint density at radius 1 is 1.80 bits per heavy atom. The van der Waals surface area contributed by atoms with Gasteiger partial charge in [0.1, 0.15) is 5.76 Å². The molecule has 1 heterocycles. The third-order valence-electron chi connectivity index (χ3n) is 0.862. The minimum absolute atomic E-state index is 0.513. The summed E-state index contributed by atoms with van der Waals surface area (Å²) in [6, 6.07) is 2.64. The molecule has 2 amide bonds. The van der Waals surface area contributed by atoms with Crippen molar-refractivity contribution in [1.29, 1.82) is 0 Å². The van der Waals surface area contributed by atoms with E-state index in [0.29, 0.717) is 5.76 Å². The molecule has 0 aliphatic rings.